The van der Waals surface area contributed by atoms with Gasteiger partial charge in [0.05, 0.1) is 30.9 Å². The summed E-state index contributed by atoms with van der Waals surface area (Å²) in [4.78, 5) is 31.4. The summed E-state index contributed by atoms with van der Waals surface area (Å²) in [5, 5.41) is 32.4. The first-order valence-electron chi connectivity index (χ1n) is 7.37. The van der Waals surface area contributed by atoms with Crippen LogP contribution in [0.15, 0.2) is 24.3 Å². The van der Waals surface area contributed by atoms with Gasteiger partial charge >= 0.3 is 17.9 Å². The van der Waals surface area contributed by atoms with Crippen molar-refractivity contribution >= 4 is 17.9 Å². The number of rotatable bonds is 3. The number of carboxylic acids is 2. The van der Waals surface area contributed by atoms with E-state index in [0.717, 1.165) is 19.3 Å². The highest BCUT2D eigenvalue weighted by atomic mass is 16.5. The maximum Gasteiger partial charge on any atom is 0.336 e. The second-order valence-electron chi connectivity index (χ2n) is 4.63. The minimum Gasteiger partial charge on any atom is -0.478 e. The number of esters is 1. The SMILES string of the molecule is O=C(O)c1ccccc1C(=O)O.O=C1CCCCCO1.OCCO. The fourth-order valence-electron chi connectivity index (χ4n) is 1.66. The fraction of sp³-hybridized carbons (Fsp3) is 0.438. The van der Waals surface area contributed by atoms with E-state index in [4.69, 9.17) is 25.2 Å². The third-order valence-corrected chi connectivity index (χ3v) is 2.78. The molecule has 4 N–H and O–H groups in total. The molecule has 1 aliphatic heterocycles. The van der Waals surface area contributed by atoms with Gasteiger partial charge in [0, 0.05) is 6.42 Å². The molecule has 24 heavy (non-hydrogen) atoms. The van der Waals surface area contributed by atoms with Gasteiger partial charge in [-0.3, -0.25) is 4.79 Å². The van der Waals surface area contributed by atoms with Crippen LogP contribution in [0.3, 0.4) is 0 Å². The second-order valence-corrected chi connectivity index (χ2v) is 4.63. The number of hydrogen-bond acceptors (Lipinski definition) is 6. The van der Waals surface area contributed by atoms with Gasteiger partial charge in [-0.05, 0) is 31.4 Å². The molecule has 0 amide bonds. The van der Waals surface area contributed by atoms with E-state index >= 15 is 0 Å². The number of carbonyl (C=O) groups is 3. The normalized spacial score (nSPS) is 13.2. The lowest BCUT2D eigenvalue weighted by Crippen LogP contribution is -2.06. The first kappa shape index (κ1) is 21.6. The molecule has 1 aromatic rings. The van der Waals surface area contributed by atoms with Gasteiger partial charge in [-0.1, -0.05) is 12.1 Å². The number of hydrogen-bond donors (Lipinski definition) is 4. The number of aliphatic hydroxyl groups is 2. The number of aliphatic hydroxyl groups excluding tert-OH is 2. The Hall–Kier alpha value is -2.45. The summed E-state index contributed by atoms with van der Waals surface area (Å²) in [7, 11) is 0. The topological polar surface area (TPSA) is 141 Å². The molecule has 8 nitrogen and oxygen atoms in total. The molecule has 0 saturated carbocycles. The van der Waals surface area contributed by atoms with E-state index in [0.29, 0.717) is 13.0 Å². The second kappa shape index (κ2) is 13.0. The van der Waals surface area contributed by atoms with Gasteiger partial charge in [0.25, 0.3) is 0 Å². The van der Waals surface area contributed by atoms with Gasteiger partial charge < -0.3 is 25.2 Å². The van der Waals surface area contributed by atoms with Crippen molar-refractivity contribution in [2.45, 2.75) is 25.7 Å². The molecular weight excluding hydrogens is 320 g/mol. The van der Waals surface area contributed by atoms with Crippen LogP contribution in [0.4, 0.5) is 0 Å². The lowest BCUT2D eigenvalue weighted by atomic mass is 10.1. The molecule has 0 radical (unpaired) electrons. The van der Waals surface area contributed by atoms with Gasteiger partial charge in [0.2, 0.25) is 0 Å². The predicted molar refractivity (Wildman–Crippen MR) is 84.0 cm³/mol. The summed E-state index contributed by atoms with van der Waals surface area (Å²) in [6.07, 6.45) is 3.83. The van der Waals surface area contributed by atoms with Crippen LogP contribution in [0.2, 0.25) is 0 Å². The molecule has 1 aliphatic rings. The highest BCUT2D eigenvalue weighted by molar-refractivity contribution is 6.01. The summed E-state index contributed by atoms with van der Waals surface area (Å²) in [6.45, 7) is 0.388. The fourth-order valence-corrected chi connectivity index (χ4v) is 1.66. The van der Waals surface area contributed by atoms with Crippen LogP contribution in [0, 0.1) is 0 Å². The summed E-state index contributed by atoms with van der Waals surface area (Å²) in [6, 6.07) is 5.48. The molecule has 1 aromatic carbocycles. The highest BCUT2D eigenvalue weighted by Gasteiger charge is 2.13. The molecular formula is C16H22O8. The zero-order valence-corrected chi connectivity index (χ0v) is 13.2. The molecule has 0 unspecified atom stereocenters. The van der Waals surface area contributed by atoms with E-state index < -0.39 is 11.9 Å². The minimum absolute atomic E-state index is 0.0255. The zero-order chi connectivity index (χ0) is 18.4. The van der Waals surface area contributed by atoms with E-state index in [-0.39, 0.29) is 30.3 Å². The largest absolute Gasteiger partial charge is 0.478 e. The molecule has 8 heteroatoms. The minimum atomic E-state index is -1.23. The molecule has 0 spiro atoms. The zero-order valence-electron chi connectivity index (χ0n) is 13.2. The van der Waals surface area contributed by atoms with Crippen molar-refractivity contribution in [3.63, 3.8) is 0 Å². The van der Waals surface area contributed by atoms with E-state index in [2.05, 4.69) is 0 Å². The molecule has 1 fully saturated rings. The Labute approximate surface area is 139 Å². The lowest BCUT2D eigenvalue weighted by molar-refractivity contribution is -0.142. The van der Waals surface area contributed by atoms with Crippen molar-refractivity contribution in [1.82, 2.24) is 0 Å². The number of ether oxygens (including phenoxy) is 1. The van der Waals surface area contributed by atoms with Crippen molar-refractivity contribution in [2.24, 2.45) is 0 Å². The first-order chi connectivity index (χ1) is 11.4. The Bertz CT molecular complexity index is 482. The van der Waals surface area contributed by atoms with Crippen LogP contribution < -0.4 is 0 Å². The summed E-state index contributed by atoms with van der Waals surface area (Å²) >= 11 is 0. The van der Waals surface area contributed by atoms with Crippen LogP contribution in [0.1, 0.15) is 46.4 Å². The molecule has 0 atom stereocenters. The van der Waals surface area contributed by atoms with E-state index in [1.807, 2.05) is 0 Å². The van der Waals surface area contributed by atoms with Crippen molar-refractivity contribution in [3.8, 4) is 0 Å². The number of benzene rings is 1. The molecule has 0 aliphatic carbocycles. The van der Waals surface area contributed by atoms with Crippen molar-refractivity contribution in [1.29, 1.82) is 0 Å². The smallest absolute Gasteiger partial charge is 0.336 e. The monoisotopic (exact) mass is 342 g/mol. The van der Waals surface area contributed by atoms with Crippen LogP contribution in [0.25, 0.3) is 0 Å². The third kappa shape index (κ3) is 9.54. The number of carboxylic acid groups (broad SMARTS) is 2. The van der Waals surface area contributed by atoms with E-state index in [1.54, 1.807) is 0 Å². The number of cyclic esters (lactones) is 1. The number of carbonyl (C=O) groups excluding carboxylic acids is 1. The summed E-state index contributed by atoms with van der Waals surface area (Å²) in [5.41, 5.74) is -0.380. The van der Waals surface area contributed by atoms with Crippen molar-refractivity contribution in [3.05, 3.63) is 35.4 Å². The molecule has 1 heterocycles. The van der Waals surface area contributed by atoms with Crippen molar-refractivity contribution < 1.29 is 39.5 Å². The van der Waals surface area contributed by atoms with Crippen LogP contribution in [0.5, 0.6) is 0 Å². The van der Waals surface area contributed by atoms with Gasteiger partial charge in [0.15, 0.2) is 0 Å². The molecule has 0 bridgehead atoms. The van der Waals surface area contributed by atoms with Gasteiger partial charge in [-0.15, -0.1) is 0 Å². The third-order valence-electron chi connectivity index (χ3n) is 2.78. The van der Waals surface area contributed by atoms with Crippen LogP contribution in [-0.4, -0.2) is 58.2 Å². The number of aromatic carboxylic acids is 2. The molecule has 2 rings (SSSR count). The van der Waals surface area contributed by atoms with Gasteiger partial charge in [-0.2, -0.15) is 0 Å². The Morgan fingerprint density at radius 1 is 0.917 bits per heavy atom. The van der Waals surface area contributed by atoms with Gasteiger partial charge in [0.1, 0.15) is 0 Å². The summed E-state index contributed by atoms with van der Waals surface area (Å²) in [5.74, 6) is -2.48. The Morgan fingerprint density at radius 3 is 1.83 bits per heavy atom. The van der Waals surface area contributed by atoms with E-state index in [9.17, 15) is 14.4 Å². The van der Waals surface area contributed by atoms with E-state index in [1.165, 1.54) is 24.3 Å². The standard InChI is InChI=1S/C8H6O4.C6H10O2.C2H6O2/c9-7(10)5-3-1-2-4-6(5)8(11)12;7-6-4-2-1-3-5-8-6;3-1-2-4/h1-4H,(H,9,10)(H,11,12);1-5H2;3-4H,1-2H2. The molecule has 134 valence electrons. The average Bonchev–Trinajstić information content (AvgIpc) is 2.83. The van der Waals surface area contributed by atoms with Gasteiger partial charge in [-0.25, -0.2) is 9.59 Å². The maximum absolute atomic E-state index is 10.5. The van der Waals surface area contributed by atoms with Crippen molar-refractivity contribution in [2.75, 3.05) is 19.8 Å². The highest BCUT2D eigenvalue weighted by Crippen LogP contribution is 2.08. The predicted octanol–water partition coefficient (Wildman–Crippen LogP) is 1.16. The first-order valence-corrected chi connectivity index (χ1v) is 7.37. The molecule has 1 saturated heterocycles. The maximum atomic E-state index is 10.5. The Morgan fingerprint density at radius 2 is 1.42 bits per heavy atom. The van der Waals surface area contributed by atoms with Crippen LogP contribution >= 0.6 is 0 Å². The quantitative estimate of drug-likeness (QED) is 0.600. The van der Waals surface area contributed by atoms with Crippen LogP contribution in [-0.2, 0) is 9.53 Å². The summed E-state index contributed by atoms with van der Waals surface area (Å²) < 4.78 is 4.76. The Kier molecular flexibility index (Phi) is 11.7. The molecule has 0 aromatic heterocycles. The average molecular weight is 342 g/mol. The lowest BCUT2D eigenvalue weighted by Gasteiger charge is -1.98. The Balaban J connectivity index is 0.000000379.